The Bertz CT molecular complexity index is 1030. The minimum absolute atomic E-state index is 0.333. The van der Waals surface area contributed by atoms with Crippen LogP contribution in [0, 0.1) is 12.8 Å². The van der Waals surface area contributed by atoms with Gasteiger partial charge in [0.05, 0.1) is 13.7 Å². The lowest BCUT2D eigenvalue weighted by Gasteiger charge is -2.14. The lowest BCUT2D eigenvalue weighted by molar-refractivity contribution is 0.181. The fourth-order valence-corrected chi connectivity index (χ4v) is 2.69. The highest BCUT2D eigenvalue weighted by Crippen LogP contribution is 2.23. The Labute approximate surface area is 193 Å². The van der Waals surface area contributed by atoms with Crippen LogP contribution in [0.2, 0.25) is 0 Å². The monoisotopic (exact) mass is 452 g/mol. The lowest BCUT2D eigenvalue weighted by atomic mass is 10.2. The minimum atomic E-state index is -0.418. The molecule has 1 fully saturated rings. The zero-order valence-electron chi connectivity index (χ0n) is 19.2. The van der Waals surface area contributed by atoms with Gasteiger partial charge in [0.2, 0.25) is 17.7 Å². The van der Waals surface area contributed by atoms with Crippen molar-refractivity contribution < 1.29 is 18.8 Å². The summed E-state index contributed by atoms with van der Waals surface area (Å²) in [4.78, 5) is 26.1. The van der Waals surface area contributed by atoms with Crippen LogP contribution >= 0.6 is 0 Å². The first-order valence-electron chi connectivity index (χ1n) is 10.4. The van der Waals surface area contributed by atoms with E-state index in [1.165, 1.54) is 11.3 Å². The Balaban J connectivity index is 0.000000714. The van der Waals surface area contributed by atoms with Crippen molar-refractivity contribution in [3.05, 3.63) is 42.4 Å². The zero-order valence-corrected chi connectivity index (χ0v) is 19.2. The van der Waals surface area contributed by atoms with Crippen LogP contribution in [0.15, 0.2) is 41.1 Å². The van der Waals surface area contributed by atoms with E-state index in [0.29, 0.717) is 36.6 Å². The normalized spacial score (nSPS) is 13.0. The number of rotatable bonds is 6. The highest BCUT2D eigenvalue weighted by Gasteiger charge is 2.25. The van der Waals surface area contributed by atoms with Crippen LogP contribution in [0.4, 0.5) is 16.6 Å². The number of hydrogen-bond acceptors (Lipinski definition) is 9. The van der Waals surface area contributed by atoms with E-state index >= 15 is 0 Å². The quantitative estimate of drug-likeness (QED) is 0.545. The van der Waals surface area contributed by atoms with Crippen LogP contribution in [0.1, 0.15) is 39.1 Å². The Morgan fingerprint density at radius 2 is 1.88 bits per heavy atom. The maximum atomic E-state index is 11.7. The van der Waals surface area contributed by atoms with E-state index in [1.807, 2.05) is 31.2 Å². The summed E-state index contributed by atoms with van der Waals surface area (Å²) in [6.45, 7) is 6.91. The van der Waals surface area contributed by atoms with Crippen molar-refractivity contribution in [1.29, 1.82) is 0 Å². The van der Waals surface area contributed by atoms with Gasteiger partial charge in [0.1, 0.15) is 24.2 Å². The molecule has 0 bridgehead atoms. The topological polar surface area (TPSA) is 116 Å². The molecular formula is C23H28N6O4. The van der Waals surface area contributed by atoms with E-state index in [1.54, 1.807) is 19.4 Å². The van der Waals surface area contributed by atoms with Gasteiger partial charge in [-0.05, 0) is 37.3 Å². The molecule has 0 radical (unpaired) electrons. The zero-order chi connectivity index (χ0) is 24.2. The molecule has 2 aromatic heterocycles. The fraction of sp³-hybridized carbons (Fsp3) is 0.348. The highest BCUT2D eigenvalue weighted by atomic mass is 16.6. The number of carbonyl (C=O) groups excluding carboxylic acids is 1. The van der Waals surface area contributed by atoms with Crippen LogP contribution in [0.5, 0.6) is 5.75 Å². The molecule has 1 amide bonds. The molecule has 1 aliphatic heterocycles. The van der Waals surface area contributed by atoms with E-state index in [4.69, 9.17) is 14.0 Å². The number of nitrogens with one attached hydrogen (secondary N) is 1. The molecule has 1 saturated heterocycles. The van der Waals surface area contributed by atoms with Crippen LogP contribution in [-0.2, 0) is 4.74 Å². The number of terminal acetylenes is 1. The van der Waals surface area contributed by atoms with Gasteiger partial charge < -0.3 is 19.3 Å². The summed E-state index contributed by atoms with van der Waals surface area (Å²) in [6, 6.07) is 8.68. The van der Waals surface area contributed by atoms with Gasteiger partial charge >= 0.3 is 6.09 Å². The number of anilines is 2. The first-order chi connectivity index (χ1) is 16.0. The van der Waals surface area contributed by atoms with Gasteiger partial charge in [-0.1, -0.05) is 25.4 Å². The standard InChI is InChI=1S/C18H18N6O4.C3H8.C2H2/c1-11(16-22-15(23-28-16)12-3-5-13(26-2)6-4-12)20-17-19-8-7-14(21-17)24-9-10-27-18(24)25;1-3-2;1-2/h3-8,11H,9-10H2,1-2H3,(H,19,20,21);3H2,1-2H3;1-2H. The maximum absolute atomic E-state index is 11.7. The molecule has 3 aromatic rings. The Hall–Kier alpha value is -4.13. The second kappa shape index (κ2) is 12.7. The number of hydrogen-bond donors (Lipinski definition) is 1. The SMILES string of the molecule is C#C.CCC.COc1ccc(-c2noc(C(C)Nc3nccc(N4CCOC4=O)n3)n2)cc1. The second-order valence-corrected chi connectivity index (χ2v) is 6.76. The lowest BCUT2D eigenvalue weighted by Crippen LogP contribution is -2.25. The summed E-state index contributed by atoms with van der Waals surface area (Å²) in [7, 11) is 1.61. The van der Waals surface area contributed by atoms with Crippen LogP contribution in [-0.4, -0.2) is 46.5 Å². The molecule has 0 aliphatic carbocycles. The first kappa shape index (κ1) is 25.1. The maximum Gasteiger partial charge on any atom is 0.415 e. The Kier molecular flexibility index (Phi) is 9.64. The van der Waals surface area contributed by atoms with Crippen molar-refractivity contribution >= 4 is 17.9 Å². The summed E-state index contributed by atoms with van der Waals surface area (Å²) in [5, 5.41) is 7.12. The third-order valence-corrected chi connectivity index (χ3v) is 4.18. The summed E-state index contributed by atoms with van der Waals surface area (Å²) >= 11 is 0. The van der Waals surface area contributed by atoms with Crippen molar-refractivity contribution in [2.45, 2.75) is 33.2 Å². The van der Waals surface area contributed by atoms with Gasteiger partial charge in [-0.3, -0.25) is 4.90 Å². The van der Waals surface area contributed by atoms with Crippen LogP contribution in [0.3, 0.4) is 0 Å². The predicted molar refractivity (Wildman–Crippen MR) is 125 cm³/mol. The summed E-state index contributed by atoms with van der Waals surface area (Å²) in [6.07, 6.45) is 10.4. The molecular weight excluding hydrogens is 424 g/mol. The number of carbonyl (C=O) groups is 1. The summed E-state index contributed by atoms with van der Waals surface area (Å²) < 4.78 is 15.4. The Morgan fingerprint density at radius 1 is 1.18 bits per heavy atom. The first-order valence-corrected chi connectivity index (χ1v) is 10.4. The minimum Gasteiger partial charge on any atom is -0.497 e. The third kappa shape index (κ3) is 6.67. The van der Waals surface area contributed by atoms with E-state index in [9.17, 15) is 4.79 Å². The van der Waals surface area contributed by atoms with Gasteiger partial charge in [0, 0.05) is 11.8 Å². The van der Waals surface area contributed by atoms with E-state index in [0.717, 1.165) is 11.3 Å². The number of cyclic esters (lactones) is 1. The van der Waals surface area contributed by atoms with E-state index in [-0.39, 0.29) is 6.04 Å². The molecule has 10 heteroatoms. The van der Waals surface area contributed by atoms with Crippen molar-refractivity contribution in [1.82, 2.24) is 20.1 Å². The second-order valence-electron chi connectivity index (χ2n) is 6.76. The number of amides is 1. The predicted octanol–water partition coefficient (Wildman–Crippen LogP) is 4.33. The number of ether oxygens (including phenoxy) is 2. The fourth-order valence-electron chi connectivity index (χ4n) is 2.69. The Morgan fingerprint density at radius 3 is 2.48 bits per heavy atom. The molecule has 0 saturated carbocycles. The van der Waals surface area contributed by atoms with Crippen molar-refractivity contribution in [2.75, 3.05) is 30.5 Å². The highest BCUT2D eigenvalue weighted by molar-refractivity contribution is 5.88. The molecule has 174 valence electrons. The molecule has 1 unspecified atom stereocenters. The molecule has 1 aromatic carbocycles. The van der Waals surface area contributed by atoms with Gasteiger partial charge in [0.25, 0.3) is 0 Å². The number of nitrogens with zero attached hydrogens (tertiary/aromatic N) is 5. The molecule has 33 heavy (non-hydrogen) atoms. The third-order valence-electron chi connectivity index (χ3n) is 4.18. The molecule has 1 aliphatic rings. The van der Waals surface area contributed by atoms with Crippen LogP contribution in [0.25, 0.3) is 11.4 Å². The molecule has 1 N–H and O–H groups in total. The van der Waals surface area contributed by atoms with Crippen molar-refractivity contribution in [2.24, 2.45) is 0 Å². The number of methoxy groups -OCH3 is 1. The molecule has 4 rings (SSSR count). The summed E-state index contributed by atoms with van der Waals surface area (Å²) in [5.41, 5.74) is 0.814. The van der Waals surface area contributed by atoms with Crippen molar-refractivity contribution in [3.8, 4) is 30.0 Å². The number of aromatic nitrogens is 4. The van der Waals surface area contributed by atoms with Gasteiger partial charge in [-0.15, -0.1) is 12.8 Å². The smallest absolute Gasteiger partial charge is 0.415 e. The average molecular weight is 453 g/mol. The van der Waals surface area contributed by atoms with Crippen molar-refractivity contribution in [3.63, 3.8) is 0 Å². The largest absolute Gasteiger partial charge is 0.497 e. The van der Waals surface area contributed by atoms with Gasteiger partial charge in [-0.2, -0.15) is 9.97 Å². The number of benzene rings is 1. The molecule has 0 spiro atoms. The molecule has 10 nitrogen and oxygen atoms in total. The average Bonchev–Trinajstić information content (AvgIpc) is 3.51. The van der Waals surface area contributed by atoms with Gasteiger partial charge in [0.15, 0.2) is 0 Å². The van der Waals surface area contributed by atoms with Crippen LogP contribution < -0.4 is 15.0 Å². The molecule has 1 atom stereocenters. The van der Waals surface area contributed by atoms with Gasteiger partial charge in [-0.25, -0.2) is 9.78 Å². The van der Waals surface area contributed by atoms with E-state index in [2.05, 4.69) is 52.1 Å². The summed E-state index contributed by atoms with van der Waals surface area (Å²) in [5.74, 6) is 2.42. The van der Waals surface area contributed by atoms with E-state index < -0.39 is 6.09 Å². The molecule has 3 heterocycles.